The summed E-state index contributed by atoms with van der Waals surface area (Å²) in [4.78, 5) is 9.15. The number of hydrogen-bond donors (Lipinski definition) is 0. The third kappa shape index (κ3) is 2.51. The standard InChI is InChI=1S/C16H17ClN4/c1-3-15-19-16(4-2)21(20-15)14-9-11(10-17)18-13-8-6-5-7-12(13)14/h5-9H,3-4,10H2,1-2H3. The Morgan fingerprint density at radius 3 is 2.62 bits per heavy atom. The highest BCUT2D eigenvalue weighted by Crippen LogP contribution is 2.23. The Bertz CT molecular complexity index is 779. The quantitative estimate of drug-likeness (QED) is 0.690. The van der Waals surface area contributed by atoms with Crippen molar-refractivity contribution in [2.75, 3.05) is 0 Å². The third-order valence-corrected chi connectivity index (χ3v) is 3.74. The summed E-state index contributed by atoms with van der Waals surface area (Å²) in [5, 5.41) is 5.69. The Balaban J connectivity index is 2.30. The lowest BCUT2D eigenvalue weighted by atomic mass is 10.1. The number of alkyl halides is 1. The molecule has 0 saturated heterocycles. The molecule has 0 atom stereocenters. The molecule has 5 heteroatoms. The summed E-state index contributed by atoms with van der Waals surface area (Å²) in [6.45, 7) is 4.15. The van der Waals surface area contributed by atoms with Crippen LogP contribution in [0.3, 0.4) is 0 Å². The minimum absolute atomic E-state index is 0.384. The number of para-hydroxylation sites is 1. The fourth-order valence-electron chi connectivity index (χ4n) is 2.42. The number of halogens is 1. The largest absolute Gasteiger partial charge is 0.251 e. The second-order valence-electron chi connectivity index (χ2n) is 4.85. The predicted molar refractivity (Wildman–Crippen MR) is 85.0 cm³/mol. The highest BCUT2D eigenvalue weighted by atomic mass is 35.5. The summed E-state index contributed by atoms with van der Waals surface area (Å²) >= 11 is 5.99. The van der Waals surface area contributed by atoms with Crippen molar-refractivity contribution in [3.63, 3.8) is 0 Å². The van der Waals surface area contributed by atoms with Gasteiger partial charge in [0, 0.05) is 18.2 Å². The van der Waals surface area contributed by atoms with Crippen molar-refractivity contribution in [2.24, 2.45) is 0 Å². The number of pyridine rings is 1. The first-order chi connectivity index (χ1) is 10.3. The number of aromatic nitrogens is 4. The first-order valence-corrected chi connectivity index (χ1v) is 7.70. The maximum absolute atomic E-state index is 5.99. The van der Waals surface area contributed by atoms with E-state index in [4.69, 9.17) is 11.6 Å². The Labute approximate surface area is 128 Å². The van der Waals surface area contributed by atoms with Crippen molar-refractivity contribution in [3.05, 3.63) is 47.7 Å². The molecule has 0 aliphatic rings. The van der Waals surface area contributed by atoms with E-state index in [9.17, 15) is 0 Å². The maximum atomic E-state index is 5.99. The van der Waals surface area contributed by atoms with Crippen LogP contribution in [0.2, 0.25) is 0 Å². The van der Waals surface area contributed by atoms with E-state index in [1.165, 1.54) is 0 Å². The lowest BCUT2D eigenvalue weighted by Gasteiger charge is -2.10. The van der Waals surface area contributed by atoms with Crippen LogP contribution in [0.25, 0.3) is 16.6 Å². The van der Waals surface area contributed by atoms with E-state index >= 15 is 0 Å². The molecule has 0 bridgehead atoms. The summed E-state index contributed by atoms with van der Waals surface area (Å²) in [5.41, 5.74) is 2.78. The van der Waals surface area contributed by atoms with Crippen LogP contribution in [0, 0.1) is 0 Å². The number of nitrogens with zero attached hydrogens (tertiary/aromatic N) is 4. The number of rotatable bonds is 4. The molecule has 21 heavy (non-hydrogen) atoms. The van der Waals surface area contributed by atoms with E-state index in [0.29, 0.717) is 5.88 Å². The molecule has 3 rings (SSSR count). The van der Waals surface area contributed by atoms with Gasteiger partial charge in [0.05, 0.1) is 22.8 Å². The first-order valence-electron chi connectivity index (χ1n) is 7.16. The summed E-state index contributed by atoms with van der Waals surface area (Å²) in [7, 11) is 0. The van der Waals surface area contributed by atoms with Crippen LogP contribution >= 0.6 is 11.6 Å². The molecule has 0 amide bonds. The normalized spacial score (nSPS) is 11.2. The molecular weight excluding hydrogens is 284 g/mol. The van der Waals surface area contributed by atoms with Crippen molar-refractivity contribution in [3.8, 4) is 5.69 Å². The molecule has 0 saturated carbocycles. The fraction of sp³-hybridized carbons (Fsp3) is 0.312. The van der Waals surface area contributed by atoms with Crippen LogP contribution in [0.4, 0.5) is 0 Å². The van der Waals surface area contributed by atoms with Crippen LogP contribution in [0.5, 0.6) is 0 Å². The molecule has 1 aromatic carbocycles. The van der Waals surface area contributed by atoms with E-state index in [0.717, 1.165) is 46.8 Å². The third-order valence-electron chi connectivity index (χ3n) is 3.46. The Morgan fingerprint density at radius 2 is 1.90 bits per heavy atom. The smallest absolute Gasteiger partial charge is 0.151 e. The average molecular weight is 301 g/mol. The van der Waals surface area contributed by atoms with Gasteiger partial charge in [-0.05, 0) is 12.1 Å². The molecule has 4 nitrogen and oxygen atoms in total. The van der Waals surface area contributed by atoms with Crippen molar-refractivity contribution in [2.45, 2.75) is 32.6 Å². The zero-order valence-corrected chi connectivity index (χ0v) is 12.9. The lowest BCUT2D eigenvalue weighted by molar-refractivity contribution is 0.794. The van der Waals surface area contributed by atoms with Crippen LogP contribution < -0.4 is 0 Å². The van der Waals surface area contributed by atoms with Crippen LogP contribution in [-0.2, 0) is 18.7 Å². The molecule has 3 aromatic rings. The molecule has 0 fully saturated rings. The zero-order chi connectivity index (χ0) is 14.8. The van der Waals surface area contributed by atoms with Crippen molar-refractivity contribution < 1.29 is 0 Å². The topological polar surface area (TPSA) is 43.6 Å². The molecule has 0 aliphatic heterocycles. The summed E-state index contributed by atoms with van der Waals surface area (Å²) in [6, 6.07) is 10.1. The second kappa shape index (κ2) is 5.82. The lowest BCUT2D eigenvalue weighted by Crippen LogP contribution is -2.05. The van der Waals surface area contributed by atoms with Gasteiger partial charge in [0.15, 0.2) is 5.82 Å². The average Bonchev–Trinajstić information content (AvgIpc) is 2.97. The van der Waals surface area contributed by atoms with Crippen molar-refractivity contribution in [1.29, 1.82) is 0 Å². The number of hydrogen-bond acceptors (Lipinski definition) is 3. The summed E-state index contributed by atoms with van der Waals surface area (Å²) in [6.07, 6.45) is 1.66. The number of benzene rings is 1. The Kier molecular flexibility index (Phi) is 3.88. The van der Waals surface area contributed by atoms with Gasteiger partial charge >= 0.3 is 0 Å². The maximum Gasteiger partial charge on any atom is 0.151 e. The number of fused-ring (bicyclic) bond motifs is 1. The first kappa shape index (κ1) is 14.0. The predicted octanol–water partition coefficient (Wildman–Crippen LogP) is 3.68. The van der Waals surface area contributed by atoms with Gasteiger partial charge in [-0.15, -0.1) is 11.6 Å². The van der Waals surface area contributed by atoms with Crippen LogP contribution in [0.15, 0.2) is 30.3 Å². The monoisotopic (exact) mass is 300 g/mol. The van der Waals surface area contributed by atoms with Gasteiger partial charge in [-0.25, -0.2) is 9.67 Å². The highest BCUT2D eigenvalue weighted by Gasteiger charge is 2.13. The van der Waals surface area contributed by atoms with Gasteiger partial charge in [0.2, 0.25) is 0 Å². The van der Waals surface area contributed by atoms with Gasteiger partial charge in [-0.1, -0.05) is 32.0 Å². The second-order valence-corrected chi connectivity index (χ2v) is 5.11. The van der Waals surface area contributed by atoms with Crippen LogP contribution in [0.1, 0.15) is 31.2 Å². The van der Waals surface area contributed by atoms with E-state index < -0.39 is 0 Å². The molecule has 0 aliphatic carbocycles. The summed E-state index contributed by atoms with van der Waals surface area (Å²) in [5.74, 6) is 2.21. The molecule has 0 spiro atoms. The van der Waals surface area contributed by atoms with Gasteiger partial charge in [0.1, 0.15) is 5.82 Å². The van der Waals surface area contributed by atoms with E-state index in [2.05, 4.69) is 35.0 Å². The van der Waals surface area contributed by atoms with E-state index in [-0.39, 0.29) is 0 Å². The molecule has 0 unspecified atom stereocenters. The molecule has 108 valence electrons. The molecule has 2 aromatic heterocycles. The van der Waals surface area contributed by atoms with E-state index in [1.807, 2.05) is 28.9 Å². The Hall–Kier alpha value is -1.94. The molecule has 0 radical (unpaired) electrons. The van der Waals surface area contributed by atoms with Gasteiger partial charge in [-0.2, -0.15) is 5.10 Å². The minimum Gasteiger partial charge on any atom is -0.251 e. The zero-order valence-electron chi connectivity index (χ0n) is 12.2. The molecular formula is C16H17ClN4. The van der Waals surface area contributed by atoms with Crippen molar-refractivity contribution in [1.82, 2.24) is 19.7 Å². The SMILES string of the molecule is CCc1nc(CC)n(-c2cc(CCl)nc3ccccc23)n1. The van der Waals surface area contributed by atoms with Crippen molar-refractivity contribution >= 4 is 22.5 Å². The fourth-order valence-corrected chi connectivity index (χ4v) is 2.55. The molecule has 2 heterocycles. The van der Waals surface area contributed by atoms with Gasteiger partial charge < -0.3 is 0 Å². The minimum atomic E-state index is 0.384. The number of aryl methyl sites for hydroxylation is 2. The Morgan fingerprint density at radius 1 is 1.10 bits per heavy atom. The van der Waals surface area contributed by atoms with E-state index in [1.54, 1.807) is 0 Å². The highest BCUT2D eigenvalue weighted by molar-refractivity contribution is 6.17. The molecule has 0 N–H and O–H groups in total. The summed E-state index contributed by atoms with van der Waals surface area (Å²) < 4.78 is 1.93. The van der Waals surface area contributed by atoms with Gasteiger partial charge in [0.25, 0.3) is 0 Å². The van der Waals surface area contributed by atoms with Gasteiger partial charge in [-0.3, -0.25) is 4.98 Å². The van der Waals surface area contributed by atoms with Crippen LogP contribution in [-0.4, -0.2) is 19.7 Å².